The zero-order valence-corrected chi connectivity index (χ0v) is 23.1. The zero-order chi connectivity index (χ0) is 28.8. The van der Waals surface area contributed by atoms with E-state index < -0.39 is 5.97 Å². The van der Waals surface area contributed by atoms with Crippen molar-refractivity contribution in [1.29, 1.82) is 0 Å². The van der Waals surface area contributed by atoms with Gasteiger partial charge in [-0.25, -0.2) is 4.98 Å². The van der Waals surface area contributed by atoms with Gasteiger partial charge in [0.15, 0.2) is 5.82 Å². The third-order valence-corrected chi connectivity index (χ3v) is 5.00. The van der Waals surface area contributed by atoms with Gasteiger partial charge in [0, 0.05) is 58.1 Å². The number of piperidine rings is 1. The number of aliphatic carboxylic acids is 1. The minimum Gasteiger partial charge on any atom is -0.481 e. The molecule has 1 aliphatic rings. The number of rotatable bonds is 8. The maximum Gasteiger partial charge on any atom is 0.300 e. The Hall–Kier alpha value is -4.34. The van der Waals surface area contributed by atoms with Crippen LogP contribution in [0, 0.1) is 0 Å². The summed E-state index contributed by atoms with van der Waals surface area (Å²) in [4.78, 5) is 27.6. The molecule has 0 unspecified atom stereocenters. The molecule has 2 aromatic rings. The third kappa shape index (κ3) is 14.9. The molecule has 10 nitrogen and oxygen atoms in total. The summed E-state index contributed by atoms with van der Waals surface area (Å²) in [6.07, 6.45) is 10.7. The second kappa shape index (κ2) is 20.8. The van der Waals surface area contributed by atoms with E-state index in [4.69, 9.17) is 9.90 Å². The maximum absolute atomic E-state index is 12.2. The number of likely N-dealkylation sites (tertiary alicyclic amines) is 1. The molecule has 1 aromatic carbocycles. The van der Waals surface area contributed by atoms with Crippen molar-refractivity contribution in [2.45, 2.75) is 32.6 Å². The van der Waals surface area contributed by atoms with Crippen molar-refractivity contribution >= 4 is 17.6 Å². The molecular formula is C28H43N7O3. The van der Waals surface area contributed by atoms with Crippen LogP contribution < -0.4 is 16.0 Å². The fraction of sp³-hybridized carbons (Fsp3) is 0.357. The van der Waals surface area contributed by atoms with E-state index >= 15 is 0 Å². The molecule has 1 aromatic heterocycles. The molecule has 3 rings (SSSR count). The van der Waals surface area contributed by atoms with Crippen molar-refractivity contribution in [3.05, 3.63) is 80.0 Å². The Kier molecular flexibility index (Phi) is 18.4. The lowest BCUT2D eigenvalue weighted by Gasteiger charge is -2.26. The average molecular weight is 526 g/mol. The van der Waals surface area contributed by atoms with Crippen LogP contribution in [-0.4, -0.2) is 71.3 Å². The fourth-order valence-electron chi connectivity index (χ4n) is 3.07. The number of carbonyl (C=O) groups excluding carboxylic acids is 1. The quantitative estimate of drug-likeness (QED) is 0.327. The summed E-state index contributed by atoms with van der Waals surface area (Å²) in [7, 11) is 5.54. The first-order chi connectivity index (χ1) is 18.3. The van der Waals surface area contributed by atoms with Crippen LogP contribution in [0.4, 0.5) is 5.69 Å². The van der Waals surface area contributed by atoms with Gasteiger partial charge in [-0.2, -0.15) is 5.10 Å². The monoisotopic (exact) mass is 525 g/mol. The van der Waals surface area contributed by atoms with Crippen molar-refractivity contribution in [1.82, 2.24) is 30.7 Å². The first-order valence-electron chi connectivity index (χ1n) is 12.3. The lowest BCUT2D eigenvalue weighted by atomic mass is 10.1. The highest BCUT2D eigenvalue weighted by atomic mass is 16.4. The first kappa shape index (κ1) is 33.7. The number of benzene rings is 1. The highest BCUT2D eigenvalue weighted by molar-refractivity contribution is 5.78. The van der Waals surface area contributed by atoms with Crippen LogP contribution in [0.2, 0.25) is 0 Å². The molecule has 1 aliphatic heterocycles. The number of allylic oxidation sites excluding steroid dienone is 3. The van der Waals surface area contributed by atoms with Crippen LogP contribution in [-0.2, 0) is 16.0 Å². The number of anilines is 1. The van der Waals surface area contributed by atoms with Gasteiger partial charge >= 0.3 is 0 Å². The van der Waals surface area contributed by atoms with E-state index in [0.717, 1.165) is 49.8 Å². The number of nitrogens with zero attached hydrogens (tertiary/aromatic N) is 3. The highest BCUT2D eigenvalue weighted by Crippen LogP contribution is 2.18. The molecular weight excluding hydrogens is 482 g/mol. The predicted octanol–water partition coefficient (Wildman–Crippen LogP) is 3.97. The fourth-order valence-corrected chi connectivity index (χ4v) is 3.07. The maximum atomic E-state index is 12.2. The molecule has 208 valence electrons. The zero-order valence-electron chi connectivity index (χ0n) is 23.1. The summed E-state index contributed by atoms with van der Waals surface area (Å²) in [5, 5.41) is 23.2. The topological polar surface area (TPSA) is 135 Å². The second-order valence-electron chi connectivity index (χ2n) is 7.87. The smallest absolute Gasteiger partial charge is 0.300 e. The molecule has 0 spiro atoms. The molecule has 38 heavy (non-hydrogen) atoms. The molecule has 0 atom stereocenters. The SMILES string of the molecule is C=C/C=C(\C=C)NC.C=CNC.CC(=O)O.CNc1ccc(-c2n[nH]c(CC(=O)N3CCCCC3)n2)cc1. The van der Waals surface area contributed by atoms with E-state index in [2.05, 4.69) is 50.9 Å². The molecule has 2 heterocycles. The Balaban J connectivity index is 0.000000707. The number of aromatic amines is 1. The van der Waals surface area contributed by atoms with Crippen molar-refractivity contribution in [2.75, 3.05) is 39.5 Å². The summed E-state index contributed by atoms with van der Waals surface area (Å²) < 4.78 is 0. The second-order valence-corrected chi connectivity index (χ2v) is 7.87. The molecule has 0 radical (unpaired) electrons. The predicted molar refractivity (Wildman–Crippen MR) is 156 cm³/mol. The Morgan fingerprint density at radius 3 is 2.08 bits per heavy atom. The third-order valence-electron chi connectivity index (χ3n) is 5.00. The van der Waals surface area contributed by atoms with Gasteiger partial charge in [0.05, 0.1) is 6.42 Å². The summed E-state index contributed by atoms with van der Waals surface area (Å²) >= 11 is 0. The summed E-state index contributed by atoms with van der Waals surface area (Å²) in [6, 6.07) is 7.88. The number of carboxylic acids is 1. The van der Waals surface area contributed by atoms with Crippen molar-refractivity contribution in [2.24, 2.45) is 0 Å². The van der Waals surface area contributed by atoms with Crippen LogP contribution in [0.25, 0.3) is 11.4 Å². The van der Waals surface area contributed by atoms with Gasteiger partial charge in [0.25, 0.3) is 5.97 Å². The van der Waals surface area contributed by atoms with Gasteiger partial charge in [-0.15, -0.1) is 0 Å². The number of carbonyl (C=O) groups is 2. The number of hydrogen-bond donors (Lipinski definition) is 5. The molecule has 0 saturated carbocycles. The molecule has 10 heteroatoms. The number of nitrogens with one attached hydrogen (secondary N) is 4. The Labute approximate surface area is 226 Å². The number of likely N-dealkylation sites (N-methyl/N-ethyl adjacent to an activating group) is 1. The molecule has 1 saturated heterocycles. The average Bonchev–Trinajstić information content (AvgIpc) is 3.40. The lowest BCUT2D eigenvalue weighted by molar-refractivity contribution is -0.134. The number of amides is 1. The molecule has 0 bridgehead atoms. The van der Waals surface area contributed by atoms with Crippen molar-refractivity contribution in [3.8, 4) is 11.4 Å². The van der Waals surface area contributed by atoms with Crippen molar-refractivity contribution in [3.63, 3.8) is 0 Å². The van der Waals surface area contributed by atoms with Gasteiger partial charge < -0.3 is 26.0 Å². The normalized spacial score (nSPS) is 12.0. The van der Waals surface area contributed by atoms with E-state index in [1.807, 2.05) is 56.4 Å². The number of carboxylic acid groups (broad SMARTS) is 1. The van der Waals surface area contributed by atoms with Crippen LogP contribution in [0.5, 0.6) is 0 Å². The Morgan fingerprint density at radius 1 is 1.08 bits per heavy atom. The minimum atomic E-state index is -0.833. The summed E-state index contributed by atoms with van der Waals surface area (Å²) in [5.41, 5.74) is 2.96. The molecule has 5 N–H and O–H groups in total. The van der Waals surface area contributed by atoms with Crippen molar-refractivity contribution < 1.29 is 14.7 Å². The van der Waals surface area contributed by atoms with Crippen LogP contribution in [0.3, 0.4) is 0 Å². The summed E-state index contributed by atoms with van der Waals surface area (Å²) in [5.74, 6) is 0.556. The Bertz CT molecular complexity index is 1000. The first-order valence-corrected chi connectivity index (χ1v) is 12.3. The standard InChI is InChI=1S/C16H21N5O.C7H11N.C3H7N.C2H4O2/c1-17-13-7-5-12(6-8-13)16-18-14(19-20-16)11-15(22)21-9-3-2-4-10-21;1-4-6-7(5-2)8-3;1-3-4-2;1-2(3)4/h5-8,17H,2-4,9-11H2,1H3,(H,18,19,20);4-6,8H,1-2H2,3H3;3-4H,1H2,2H3;1H3,(H,3,4)/b;7-6+;;. The lowest BCUT2D eigenvalue weighted by Crippen LogP contribution is -2.36. The Morgan fingerprint density at radius 2 is 1.66 bits per heavy atom. The molecule has 0 aliphatic carbocycles. The summed E-state index contributed by atoms with van der Waals surface area (Å²) in [6.45, 7) is 13.3. The number of aromatic nitrogens is 3. The van der Waals surface area contributed by atoms with Gasteiger partial charge in [-0.05, 0) is 61.9 Å². The number of hydrogen-bond acceptors (Lipinski definition) is 7. The largest absolute Gasteiger partial charge is 0.481 e. The van der Waals surface area contributed by atoms with Gasteiger partial charge in [-0.1, -0.05) is 25.8 Å². The number of H-pyrrole nitrogens is 1. The van der Waals surface area contributed by atoms with E-state index in [0.29, 0.717) is 18.1 Å². The van der Waals surface area contributed by atoms with E-state index in [9.17, 15) is 4.79 Å². The van der Waals surface area contributed by atoms with Crippen LogP contribution in [0.15, 0.2) is 74.1 Å². The van der Waals surface area contributed by atoms with Gasteiger partial charge in [-0.3, -0.25) is 14.7 Å². The van der Waals surface area contributed by atoms with E-state index in [1.165, 1.54) is 6.42 Å². The van der Waals surface area contributed by atoms with Gasteiger partial charge in [0.2, 0.25) is 5.91 Å². The van der Waals surface area contributed by atoms with Crippen LogP contribution in [0.1, 0.15) is 32.0 Å². The molecule has 1 fully saturated rings. The minimum absolute atomic E-state index is 0.132. The van der Waals surface area contributed by atoms with Gasteiger partial charge in [0.1, 0.15) is 5.82 Å². The molecule has 1 amide bonds. The van der Waals surface area contributed by atoms with E-state index in [1.54, 1.807) is 18.4 Å². The van der Waals surface area contributed by atoms with Crippen LogP contribution >= 0.6 is 0 Å². The highest BCUT2D eigenvalue weighted by Gasteiger charge is 2.18. The van der Waals surface area contributed by atoms with E-state index in [-0.39, 0.29) is 5.91 Å².